The zero-order valence-electron chi connectivity index (χ0n) is 8.67. The van der Waals surface area contributed by atoms with E-state index in [-0.39, 0.29) is 17.4 Å². The molecule has 1 aromatic rings. The first-order valence-electron chi connectivity index (χ1n) is 4.59. The van der Waals surface area contributed by atoms with E-state index < -0.39 is 5.41 Å². The number of hydrogen-bond donors (Lipinski definition) is 0. The van der Waals surface area contributed by atoms with Crippen LogP contribution in [0, 0.1) is 15.5 Å². The van der Waals surface area contributed by atoms with Crippen LogP contribution in [0.15, 0.2) is 17.5 Å². The number of nitrogens with zero attached hydrogens (tertiary/aromatic N) is 1. The quantitative estimate of drug-likeness (QED) is 0.440. The number of carbonyl (C=O) groups excluding carboxylic acids is 1. The molecule has 0 saturated carbocycles. The van der Waals surface area contributed by atoms with Gasteiger partial charge in [0.15, 0.2) is 0 Å². The van der Waals surface area contributed by atoms with E-state index in [1.54, 1.807) is 13.8 Å². The monoisotopic (exact) mass is 227 g/mol. The number of nitro groups is 1. The summed E-state index contributed by atoms with van der Waals surface area (Å²) in [5.74, 6) is -0.343. The molecule has 0 fully saturated rings. The maximum absolute atomic E-state index is 10.9. The zero-order valence-corrected chi connectivity index (χ0v) is 9.49. The molecule has 82 valence electrons. The molecule has 0 aromatic carbocycles. The summed E-state index contributed by atoms with van der Waals surface area (Å²) in [4.78, 5) is 22.0. The molecule has 1 atom stereocenters. The highest BCUT2D eigenvalue weighted by atomic mass is 32.1. The lowest BCUT2D eigenvalue weighted by molar-refractivity contribution is -0.485. The highest BCUT2D eigenvalue weighted by Crippen LogP contribution is 2.36. The third-order valence-corrected chi connectivity index (χ3v) is 3.41. The largest absolute Gasteiger partial charge is 0.303 e. The Balaban J connectivity index is 2.98. The minimum Gasteiger partial charge on any atom is -0.303 e. The number of carbonyl (C=O) groups is 1. The minimum atomic E-state index is -0.697. The highest BCUT2D eigenvalue weighted by Gasteiger charge is 2.35. The standard InChI is InChI=1S/C10H13NO3S/c1-10(2,7-12)8(6-11(13)14)9-4-3-5-15-9/h3-5,7-8H,6H2,1-2H3. The Morgan fingerprint density at radius 3 is 2.73 bits per heavy atom. The second-order valence-corrected chi connectivity index (χ2v) is 5.00. The summed E-state index contributed by atoms with van der Waals surface area (Å²) >= 11 is 1.45. The van der Waals surface area contributed by atoms with E-state index in [0.29, 0.717) is 0 Å². The molecule has 5 heteroatoms. The molecule has 0 aliphatic heterocycles. The van der Waals surface area contributed by atoms with Gasteiger partial charge in [-0.2, -0.15) is 0 Å². The summed E-state index contributed by atoms with van der Waals surface area (Å²) in [6, 6.07) is 3.68. The fourth-order valence-corrected chi connectivity index (χ4v) is 2.43. The number of aldehydes is 1. The molecule has 0 bridgehead atoms. The van der Waals surface area contributed by atoms with Gasteiger partial charge in [-0.15, -0.1) is 11.3 Å². The van der Waals surface area contributed by atoms with Gasteiger partial charge in [0.2, 0.25) is 6.54 Å². The average Bonchev–Trinajstić information content (AvgIpc) is 2.66. The second kappa shape index (κ2) is 4.53. The van der Waals surface area contributed by atoms with E-state index in [1.807, 2.05) is 17.5 Å². The molecular weight excluding hydrogens is 214 g/mol. The number of hydrogen-bond acceptors (Lipinski definition) is 4. The lowest BCUT2D eigenvalue weighted by atomic mass is 9.79. The third kappa shape index (κ3) is 2.86. The molecule has 1 rings (SSSR count). The molecule has 0 spiro atoms. The molecule has 0 N–H and O–H groups in total. The van der Waals surface area contributed by atoms with Crippen molar-refractivity contribution in [3.63, 3.8) is 0 Å². The van der Waals surface area contributed by atoms with E-state index in [1.165, 1.54) is 11.3 Å². The molecule has 0 radical (unpaired) electrons. The lowest BCUT2D eigenvalue weighted by Crippen LogP contribution is -2.28. The van der Waals surface area contributed by atoms with Crippen LogP contribution in [-0.2, 0) is 4.79 Å². The van der Waals surface area contributed by atoms with Gasteiger partial charge in [0.05, 0.1) is 5.92 Å². The lowest BCUT2D eigenvalue weighted by Gasteiger charge is -2.24. The zero-order chi connectivity index (χ0) is 11.5. The van der Waals surface area contributed by atoms with E-state index in [4.69, 9.17) is 0 Å². The fraction of sp³-hybridized carbons (Fsp3) is 0.500. The average molecular weight is 227 g/mol. The van der Waals surface area contributed by atoms with Gasteiger partial charge in [-0.25, -0.2) is 0 Å². The van der Waals surface area contributed by atoms with Crippen molar-refractivity contribution < 1.29 is 9.72 Å². The number of thiophene rings is 1. The molecule has 0 aliphatic rings. The van der Waals surface area contributed by atoms with Gasteiger partial charge in [0.25, 0.3) is 0 Å². The van der Waals surface area contributed by atoms with Crippen LogP contribution >= 0.6 is 11.3 Å². The second-order valence-electron chi connectivity index (χ2n) is 4.02. The van der Waals surface area contributed by atoms with Crippen molar-refractivity contribution >= 4 is 17.6 Å². The molecule has 4 nitrogen and oxygen atoms in total. The molecule has 1 unspecified atom stereocenters. The van der Waals surface area contributed by atoms with E-state index in [9.17, 15) is 14.9 Å². The Hall–Kier alpha value is -1.23. The topological polar surface area (TPSA) is 60.2 Å². The van der Waals surface area contributed by atoms with Crippen LogP contribution in [0.3, 0.4) is 0 Å². The Bertz CT molecular complexity index is 346. The number of rotatable bonds is 5. The maximum Gasteiger partial charge on any atom is 0.212 e. The van der Waals surface area contributed by atoms with Crippen LogP contribution < -0.4 is 0 Å². The summed E-state index contributed by atoms with van der Waals surface area (Å²) in [5, 5.41) is 12.4. The van der Waals surface area contributed by atoms with Crippen molar-refractivity contribution in [1.29, 1.82) is 0 Å². The first kappa shape index (κ1) is 11.8. The predicted octanol–water partition coefficient (Wildman–Crippen LogP) is 2.33. The Morgan fingerprint density at radius 2 is 2.33 bits per heavy atom. The molecule has 1 heterocycles. The van der Waals surface area contributed by atoms with Gasteiger partial charge in [0, 0.05) is 15.2 Å². The van der Waals surface area contributed by atoms with Crippen molar-refractivity contribution in [2.45, 2.75) is 19.8 Å². The van der Waals surface area contributed by atoms with Crippen molar-refractivity contribution in [1.82, 2.24) is 0 Å². The normalized spacial score (nSPS) is 13.5. The van der Waals surface area contributed by atoms with Gasteiger partial charge in [-0.05, 0) is 11.4 Å². The van der Waals surface area contributed by atoms with Crippen LogP contribution in [0.2, 0.25) is 0 Å². The fourth-order valence-electron chi connectivity index (χ4n) is 1.41. The molecular formula is C10H13NO3S. The van der Waals surface area contributed by atoms with Gasteiger partial charge in [0.1, 0.15) is 6.29 Å². The summed E-state index contributed by atoms with van der Waals surface area (Å²) in [6.07, 6.45) is 0.793. The highest BCUT2D eigenvalue weighted by molar-refractivity contribution is 7.10. The van der Waals surface area contributed by atoms with Crippen LogP contribution in [0.4, 0.5) is 0 Å². The Labute approximate surface area is 92.1 Å². The molecule has 0 aliphatic carbocycles. The van der Waals surface area contributed by atoms with Crippen LogP contribution in [0.5, 0.6) is 0 Å². The van der Waals surface area contributed by atoms with Gasteiger partial charge in [-0.3, -0.25) is 10.1 Å². The van der Waals surface area contributed by atoms with Crippen molar-refractivity contribution in [2.24, 2.45) is 5.41 Å². The van der Waals surface area contributed by atoms with E-state index in [2.05, 4.69) is 0 Å². The SMILES string of the molecule is CC(C)(C=O)C(C[N+](=O)[O-])c1cccs1. The van der Waals surface area contributed by atoms with Crippen LogP contribution in [0.25, 0.3) is 0 Å². The summed E-state index contributed by atoms with van der Waals surface area (Å²) in [5.41, 5.74) is -0.697. The summed E-state index contributed by atoms with van der Waals surface area (Å²) < 4.78 is 0. The first-order valence-corrected chi connectivity index (χ1v) is 5.47. The van der Waals surface area contributed by atoms with Crippen molar-refractivity contribution in [2.75, 3.05) is 6.54 Å². The Kier molecular flexibility index (Phi) is 3.57. The smallest absolute Gasteiger partial charge is 0.212 e. The van der Waals surface area contributed by atoms with E-state index in [0.717, 1.165) is 11.2 Å². The van der Waals surface area contributed by atoms with Gasteiger partial charge >= 0.3 is 0 Å². The molecule has 0 saturated heterocycles. The predicted molar refractivity (Wildman–Crippen MR) is 58.8 cm³/mol. The molecule has 0 amide bonds. The van der Waals surface area contributed by atoms with Crippen LogP contribution in [0.1, 0.15) is 24.6 Å². The molecule has 15 heavy (non-hydrogen) atoms. The first-order chi connectivity index (χ1) is 6.97. The van der Waals surface area contributed by atoms with E-state index >= 15 is 0 Å². The Morgan fingerprint density at radius 1 is 1.67 bits per heavy atom. The molecule has 1 aromatic heterocycles. The van der Waals surface area contributed by atoms with Crippen LogP contribution in [-0.4, -0.2) is 17.8 Å². The van der Waals surface area contributed by atoms with Crippen molar-refractivity contribution in [3.8, 4) is 0 Å². The van der Waals surface area contributed by atoms with Crippen molar-refractivity contribution in [3.05, 3.63) is 32.5 Å². The van der Waals surface area contributed by atoms with Gasteiger partial charge < -0.3 is 4.79 Å². The summed E-state index contributed by atoms with van der Waals surface area (Å²) in [6.45, 7) is 3.26. The maximum atomic E-state index is 10.9. The minimum absolute atomic E-state index is 0.202. The summed E-state index contributed by atoms with van der Waals surface area (Å²) in [7, 11) is 0. The third-order valence-electron chi connectivity index (χ3n) is 2.42. The van der Waals surface area contributed by atoms with Gasteiger partial charge in [-0.1, -0.05) is 19.9 Å².